The van der Waals surface area contributed by atoms with Crippen molar-refractivity contribution in [2.45, 2.75) is 39.0 Å². The summed E-state index contributed by atoms with van der Waals surface area (Å²) < 4.78 is 7.13. The van der Waals surface area contributed by atoms with Gasteiger partial charge in [-0.3, -0.25) is 4.79 Å². The molecule has 0 aliphatic heterocycles. The fourth-order valence-electron chi connectivity index (χ4n) is 0.967. The summed E-state index contributed by atoms with van der Waals surface area (Å²) in [5.74, 6) is -0.0922. The largest absolute Gasteiger partial charge is 0.460 e. The predicted molar refractivity (Wildman–Crippen MR) is 83.7 cm³/mol. The van der Waals surface area contributed by atoms with Crippen LogP contribution in [0.5, 0.6) is 0 Å². The molecule has 0 aliphatic carbocycles. The number of carbonyl (C=O) groups excluding carboxylic acids is 1. The maximum absolute atomic E-state index is 11.3. The summed E-state index contributed by atoms with van der Waals surface area (Å²) in [5.41, 5.74) is 0. The molecule has 0 amide bonds. The van der Waals surface area contributed by atoms with Crippen LogP contribution in [0.1, 0.15) is 39.0 Å². The van der Waals surface area contributed by atoms with E-state index in [0.29, 0.717) is 13.0 Å². The summed E-state index contributed by atoms with van der Waals surface area (Å²) in [5, 5.41) is 0. The van der Waals surface area contributed by atoms with Gasteiger partial charge in [-0.15, -0.1) is 0 Å². The zero-order chi connectivity index (χ0) is 11.7. The lowest BCUT2D eigenvalue weighted by molar-refractivity contribution is -0.142. The maximum Gasteiger partial charge on any atom is 0.306 e. The Labute approximate surface area is 127 Å². The van der Waals surface area contributed by atoms with Crippen LogP contribution in [0.25, 0.3) is 0 Å². The van der Waals surface area contributed by atoms with Crippen molar-refractivity contribution in [2.75, 3.05) is 6.61 Å². The third-order valence-electron chi connectivity index (χ3n) is 1.80. The number of ether oxygens (including phenoxy) is 1. The van der Waals surface area contributed by atoms with Gasteiger partial charge >= 0.3 is 5.97 Å². The quantitative estimate of drug-likeness (QED) is 0.281. The molecule has 0 aliphatic rings. The molecule has 0 saturated heterocycles. The third-order valence-corrected chi connectivity index (χ3v) is 5.55. The van der Waals surface area contributed by atoms with Gasteiger partial charge in [-0.25, -0.2) is 0 Å². The molecule has 0 heterocycles. The van der Waals surface area contributed by atoms with Crippen LogP contribution in [0.15, 0.2) is 6.07 Å². The highest BCUT2D eigenvalue weighted by molar-refractivity contribution is 14.1. The van der Waals surface area contributed by atoms with Crippen LogP contribution in [0.3, 0.4) is 0 Å². The Bertz CT molecular complexity index is 225. The van der Waals surface area contributed by atoms with E-state index in [0.717, 1.165) is 18.9 Å². The van der Waals surface area contributed by atoms with Gasteiger partial charge in [0, 0.05) is 10.0 Å². The van der Waals surface area contributed by atoms with Crippen LogP contribution in [-0.2, 0) is 9.53 Å². The Morgan fingerprint density at radius 2 is 1.93 bits per heavy atom. The summed E-state index contributed by atoms with van der Waals surface area (Å²) in [7, 11) is 0. The highest BCUT2D eigenvalue weighted by atomic mass is 127. The molecule has 0 bridgehead atoms. The van der Waals surface area contributed by atoms with Gasteiger partial charge in [0.1, 0.15) is 6.61 Å². The second kappa shape index (κ2) is 10.3. The van der Waals surface area contributed by atoms with Gasteiger partial charge in [-0.05, 0) is 67.5 Å². The Balaban J connectivity index is 3.54. The molecule has 0 aromatic rings. The summed E-state index contributed by atoms with van der Waals surface area (Å²) in [6, 6.07) is 0. The molecule has 0 saturated carbocycles. The predicted octanol–water partition coefficient (Wildman–Crippen LogP) is 4.93. The highest BCUT2D eigenvalue weighted by Gasteiger charge is 2.04. The first-order chi connectivity index (χ1) is 7.07. The average Bonchev–Trinajstić information content (AvgIpc) is 2.20. The monoisotopic (exact) mass is 500 g/mol. The van der Waals surface area contributed by atoms with Crippen molar-refractivity contribution in [3.63, 3.8) is 0 Å². The van der Waals surface area contributed by atoms with E-state index in [9.17, 15) is 4.79 Å². The van der Waals surface area contributed by atoms with Crippen molar-refractivity contribution >= 4 is 67.1 Å². The molecule has 0 aromatic carbocycles. The fraction of sp³-hybridized carbons (Fsp3) is 0.700. The molecule has 0 N–H and O–H groups in total. The minimum Gasteiger partial charge on any atom is -0.460 e. The molecule has 0 aromatic heterocycles. The molecular formula is C10H15BrI2O2. The first-order valence-corrected chi connectivity index (χ1v) is 7.88. The maximum atomic E-state index is 11.3. The minimum atomic E-state index is -0.0922. The average molecular weight is 501 g/mol. The number of hydrogen-bond donors (Lipinski definition) is 0. The Hall–Kier alpha value is 1.15. The standard InChI is InChI=1S/C10H15BrI2O2/c1-2-3-4-5-6-9(14)15-7-8(12)10(11)13/h2-7H2,1H3/b10-8-. The first-order valence-electron chi connectivity index (χ1n) is 4.93. The second-order valence-electron chi connectivity index (χ2n) is 3.14. The van der Waals surface area contributed by atoms with E-state index in [1.807, 2.05) is 0 Å². The number of unbranched alkanes of at least 4 members (excludes halogenated alkanes) is 3. The topological polar surface area (TPSA) is 26.3 Å². The molecule has 0 unspecified atom stereocenters. The van der Waals surface area contributed by atoms with E-state index in [1.165, 1.54) is 12.8 Å². The molecule has 0 atom stereocenters. The van der Waals surface area contributed by atoms with Crippen molar-refractivity contribution in [2.24, 2.45) is 0 Å². The van der Waals surface area contributed by atoms with Crippen molar-refractivity contribution < 1.29 is 9.53 Å². The number of esters is 1. The fourth-order valence-corrected chi connectivity index (χ4v) is 1.39. The molecule has 0 radical (unpaired) electrons. The normalized spacial score (nSPS) is 12.3. The van der Waals surface area contributed by atoms with Crippen molar-refractivity contribution in [3.05, 3.63) is 6.07 Å². The van der Waals surface area contributed by atoms with Gasteiger partial charge in [-0.1, -0.05) is 26.2 Å². The molecular weight excluding hydrogens is 486 g/mol. The van der Waals surface area contributed by atoms with Crippen LogP contribution in [0, 0.1) is 0 Å². The number of carbonyl (C=O) groups is 1. The van der Waals surface area contributed by atoms with Gasteiger partial charge in [-0.2, -0.15) is 0 Å². The van der Waals surface area contributed by atoms with E-state index in [1.54, 1.807) is 0 Å². The van der Waals surface area contributed by atoms with E-state index in [4.69, 9.17) is 4.74 Å². The lowest BCUT2D eigenvalue weighted by Gasteiger charge is -2.04. The Morgan fingerprint density at radius 1 is 1.27 bits per heavy atom. The lowest BCUT2D eigenvalue weighted by atomic mass is 10.2. The molecule has 15 heavy (non-hydrogen) atoms. The van der Waals surface area contributed by atoms with E-state index >= 15 is 0 Å². The first kappa shape index (κ1) is 16.1. The number of rotatable bonds is 7. The van der Waals surface area contributed by atoms with Gasteiger partial charge in [0.05, 0.1) is 2.49 Å². The third kappa shape index (κ3) is 10.0. The van der Waals surface area contributed by atoms with Crippen LogP contribution < -0.4 is 0 Å². The van der Waals surface area contributed by atoms with Gasteiger partial charge in [0.25, 0.3) is 0 Å². The summed E-state index contributed by atoms with van der Waals surface area (Å²) in [6.45, 7) is 2.54. The van der Waals surface area contributed by atoms with Crippen LogP contribution >= 0.6 is 61.1 Å². The smallest absolute Gasteiger partial charge is 0.306 e. The number of hydrogen-bond acceptors (Lipinski definition) is 2. The SMILES string of the molecule is CCCCCCC(=O)OC/C(I)=C(\Br)I. The van der Waals surface area contributed by atoms with E-state index < -0.39 is 0 Å². The molecule has 2 nitrogen and oxygen atoms in total. The molecule has 0 spiro atoms. The highest BCUT2D eigenvalue weighted by Crippen LogP contribution is 2.24. The summed E-state index contributed by atoms with van der Waals surface area (Å²) >= 11 is 7.65. The zero-order valence-corrected chi connectivity index (χ0v) is 14.6. The summed E-state index contributed by atoms with van der Waals surface area (Å²) in [4.78, 5) is 11.3. The molecule has 88 valence electrons. The Kier molecular flexibility index (Phi) is 11.1. The number of halogens is 3. The Morgan fingerprint density at radius 3 is 2.47 bits per heavy atom. The van der Waals surface area contributed by atoms with E-state index in [2.05, 4.69) is 68.0 Å². The van der Waals surface area contributed by atoms with Crippen LogP contribution in [-0.4, -0.2) is 12.6 Å². The molecule has 5 heteroatoms. The van der Waals surface area contributed by atoms with Crippen LogP contribution in [0.4, 0.5) is 0 Å². The van der Waals surface area contributed by atoms with Crippen molar-refractivity contribution in [1.82, 2.24) is 0 Å². The van der Waals surface area contributed by atoms with Crippen LogP contribution in [0.2, 0.25) is 0 Å². The second-order valence-corrected chi connectivity index (χ2v) is 7.79. The van der Waals surface area contributed by atoms with Crippen molar-refractivity contribution in [1.29, 1.82) is 0 Å². The molecule has 0 fully saturated rings. The molecule has 0 rings (SSSR count). The minimum absolute atomic E-state index is 0.0922. The van der Waals surface area contributed by atoms with Crippen molar-refractivity contribution in [3.8, 4) is 0 Å². The van der Waals surface area contributed by atoms with E-state index in [-0.39, 0.29) is 5.97 Å². The van der Waals surface area contributed by atoms with Gasteiger partial charge in [0.2, 0.25) is 0 Å². The van der Waals surface area contributed by atoms with Gasteiger partial charge < -0.3 is 4.74 Å². The lowest BCUT2D eigenvalue weighted by Crippen LogP contribution is -2.05. The zero-order valence-electron chi connectivity index (χ0n) is 8.69. The van der Waals surface area contributed by atoms with Gasteiger partial charge in [0.15, 0.2) is 0 Å². The summed E-state index contributed by atoms with van der Waals surface area (Å²) in [6.07, 6.45) is 5.00.